The standard InChI is InChI=1S/C18H25N2O5/c1-20(2)14-8-9-15(20)11-16(10-14)25-18(21)17(12-24-19(22)23)13-6-4-3-5-7-13/h3-7,14-17H,8-12H2,1-2H3/q+1. The molecule has 0 N–H and O–H groups in total. The summed E-state index contributed by atoms with van der Waals surface area (Å²) in [6, 6.07) is 9.98. The summed E-state index contributed by atoms with van der Waals surface area (Å²) >= 11 is 0. The lowest BCUT2D eigenvalue weighted by Crippen LogP contribution is -2.56. The Morgan fingerprint density at radius 3 is 2.40 bits per heavy atom. The summed E-state index contributed by atoms with van der Waals surface area (Å²) in [6.07, 6.45) is 3.92. The van der Waals surface area contributed by atoms with Crippen LogP contribution >= 0.6 is 0 Å². The number of fused-ring (bicyclic) bond motifs is 2. The lowest BCUT2D eigenvalue weighted by atomic mass is 9.96. The number of nitrogens with zero attached hydrogens (tertiary/aromatic N) is 2. The van der Waals surface area contributed by atoms with Crippen molar-refractivity contribution in [1.82, 2.24) is 0 Å². The van der Waals surface area contributed by atoms with Gasteiger partial charge in [0, 0.05) is 25.7 Å². The third-order valence-corrected chi connectivity index (χ3v) is 5.90. The molecule has 3 unspecified atom stereocenters. The maximum absolute atomic E-state index is 12.7. The lowest BCUT2D eigenvalue weighted by Gasteiger charge is -2.44. The van der Waals surface area contributed by atoms with Gasteiger partial charge in [-0.25, -0.2) is 0 Å². The number of carbonyl (C=O) groups excluding carboxylic acids is 1. The third-order valence-electron chi connectivity index (χ3n) is 5.90. The molecular formula is C18H25N2O5+. The largest absolute Gasteiger partial charge is 0.461 e. The highest BCUT2D eigenvalue weighted by atomic mass is 16.9. The molecule has 0 aliphatic carbocycles. The summed E-state index contributed by atoms with van der Waals surface area (Å²) in [7, 11) is 4.50. The van der Waals surface area contributed by atoms with Gasteiger partial charge in [-0.3, -0.25) is 4.79 Å². The number of hydrogen-bond acceptors (Lipinski definition) is 5. The Bertz CT molecular complexity index is 618. The van der Waals surface area contributed by atoms with Crippen molar-refractivity contribution in [3.8, 4) is 0 Å². The van der Waals surface area contributed by atoms with Crippen LogP contribution in [0.15, 0.2) is 30.3 Å². The van der Waals surface area contributed by atoms with E-state index in [1.165, 1.54) is 0 Å². The average molecular weight is 349 g/mol. The van der Waals surface area contributed by atoms with Gasteiger partial charge in [0.15, 0.2) is 0 Å². The highest BCUT2D eigenvalue weighted by Crippen LogP contribution is 2.40. The molecule has 2 aliphatic rings. The van der Waals surface area contributed by atoms with E-state index in [4.69, 9.17) is 4.74 Å². The quantitative estimate of drug-likeness (QED) is 0.341. The molecule has 0 aromatic heterocycles. The predicted molar refractivity (Wildman–Crippen MR) is 90.2 cm³/mol. The molecule has 2 fully saturated rings. The molecule has 1 aromatic rings. The topological polar surface area (TPSA) is 78.7 Å². The van der Waals surface area contributed by atoms with Crippen molar-refractivity contribution in [2.75, 3.05) is 20.7 Å². The number of rotatable bonds is 6. The summed E-state index contributed by atoms with van der Waals surface area (Å²) < 4.78 is 6.76. The van der Waals surface area contributed by atoms with Gasteiger partial charge in [0.05, 0.1) is 26.2 Å². The Labute approximate surface area is 147 Å². The SMILES string of the molecule is C[N+]1(C)C2CCC1CC(OC(=O)C(CO[N+](=O)[O-])c1ccccc1)C2. The molecule has 136 valence electrons. The van der Waals surface area contributed by atoms with Crippen molar-refractivity contribution in [2.45, 2.75) is 49.8 Å². The second-order valence-electron chi connectivity index (χ2n) is 7.53. The van der Waals surface area contributed by atoms with Gasteiger partial charge in [-0.2, -0.15) is 0 Å². The van der Waals surface area contributed by atoms with Crippen LogP contribution in [0.1, 0.15) is 37.2 Å². The van der Waals surface area contributed by atoms with Gasteiger partial charge in [0.2, 0.25) is 0 Å². The molecule has 2 saturated heterocycles. The van der Waals surface area contributed by atoms with Gasteiger partial charge in [-0.05, 0) is 5.56 Å². The minimum absolute atomic E-state index is 0.113. The van der Waals surface area contributed by atoms with Gasteiger partial charge in [-0.1, -0.05) is 30.3 Å². The fourth-order valence-electron chi connectivity index (χ4n) is 4.29. The number of quaternary nitrogens is 1. The molecule has 0 radical (unpaired) electrons. The number of ether oxygens (including phenoxy) is 1. The van der Waals surface area contributed by atoms with E-state index in [1.54, 1.807) is 24.3 Å². The Balaban J connectivity index is 1.67. The maximum atomic E-state index is 12.7. The average Bonchev–Trinajstić information content (AvgIpc) is 2.74. The molecule has 2 heterocycles. The van der Waals surface area contributed by atoms with Crippen molar-refractivity contribution in [3.63, 3.8) is 0 Å². The molecule has 2 aliphatic heterocycles. The van der Waals surface area contributed by atoms with E-state index in [9.17, 15) is 14.9 Å². The first kappa shape index (κ1) is 17.7. The van der Waals surface area contributed by atoms with Crippen LogP contribution < -0.4 is 0 Å². The monoisotopic (exact) mass is 349 g/mol. The molecular weight excluding hydrogens is 324 g/mol. The third kappa shape index (κ3) is 3.76. The van der Waals surface area contributed by atoms with E-state index >= 15 is 0 Å². The summed E-state index contributed by atoms with van der Waals surface area (Å²) in [6.45, 7) is -0.322. The van der Waals surface area contributed by atoms with Crippen LogP contribution in [0.2, 0.25) is 0 Å². The van der Waals surface area contributed by atoms with Crippen molar-refractivity contribution < 1.29 is 23.9 Å². The molecule has 0 saturated carbocycles. The molecule has 3 atom stereocenters. The van der Waals surface area contributed by atoms with Crippen molar-refractivity contribution in [2.24, 2.45) is 0 Å². The minimum Gasteiger partial charge on any atom is -0.461 e. The Morgan fingerprint density at radius 1 is 1.24 bits per heavy atom. The second kappa shape index (κ2) is 7.00. The first-order valence-corrected chi connectivity index (χ1v) is 8.74. The fourth-order valence-corrected chi connectivity index (χ4v) is 4.29. The van der Waals surface area contributed by atoms with E-state index in [0.717, 1.165) is 30.2 Å². The van der Waals surface area contributed by atoms with Crippen LogP contribution in [-0.2, 0) is 14.4 Å². The molecule has 0 amide bonds. The van der Waals surface area contributed by atoms with Crippen LogP contribution in [0.4, 0.5) is 0 Å². The summed E-state index contributed by atoms with van der Waals surface area (Å²) in [5.41, 5.74) is 0.671. The zero-order valence-electron chi connectivity index (χ0n) is 14.7. The highest BCUT2D eigenvalue weighted by molar-refractivity contribution is 5.78. The molecule has 0 spiro atoms. The Kier molecular flexibility index (Phi) is 4.94. The van der Waals surface area contributed by atoms with E-state index < -0.39 is 17.0 Å². The number of esters is 1. The number of piperidine rings is 1. The minimum atomic E-state index is -0.871. The van der Waals surface area contributed by atoms with E-state index in [1.807, 2.05) is 6.07 Å². The Hall–Kier alpha value is -2.15. The molecule has 3 rings (SSSR count). The van der Waals surface area contributed by atoms with Gasteiger partial charge in [-0.15, -0.1) is 10.1 Å². The van der Waals surface area contributed by atoms with E-state index in [2.05, 4.69) is 18.9 Å². The molecule has 7 nitrogen and oxygen atoms in total. The van der Waals surface area contributed by atoms with Gasteiger partial charge < -0.3 is 14.1 Å². The van der Waals surface area contributed by atoms with Crippen molar-refractivity contribution in [3.05, 3.63) is 46.0 Å². The zero-order chi connectivity index (χ0) is 18.0. The summed E-state index contributed by atoms with van der Waals surface area (Å²) in [4.78, 5) is 27.7. The van der Waals surface area contributed by atoms with Gasteiger partial charge >= 0.3 is 5.97 Å². The lowest BCUT2D eigenvalue weighted by molar-refractivity contribution is -0.931. The maximum Gasteiger partial charge on any atom is 0.315 e. The first-order valence-electron chi connectivity index (χ1n) is 8.74. The Morgan fingerprint density at radius 2 is 1.84 bits per heavy atom. The first-order chi connectivity index (χ1) is 11.9. The summed E-state index contributed by atoms with van der Waals surface area (Å²) in [5, 5.41) is 9.67. The normalized spacial score (nSPS) is 28.2. The summed E-state index contributed by atoms with van der Waals surface area (Å²) in [5.74, 6) is -1.22. The zero-order valence-corrected chi connectivity index (χ0v) is 14.7. The van der Waals surface area contributed by atoms with Gasteiger partial charge in [0.25, 0.3) is 5.09 Å². The predicted octanol–water partition coefficient (Wildman–Crippen LogP) is 2.29. The van der Waals surface area contributed by atoms with Crippen LogP contribution in [0.3, 0.4) is 0 Å². The van der Waals surface area contributed by atoms with Crippen LogP contribution in [0, 0.1) is 10.1 Å². The smallest absolute Gasteiger partial charge is 0.315 e. The van der Waals surface area contributed by atoms with Crippen LogP contribution in [-0.4, -0.2) is 54.4 Å². The number of hydrogen-bond donors (Lipinski definition) is 0. The molecule has 25 heavy (non-hydrogen) atoms. The number of carbonyl (C=O) groups is 1. The fraction of sp³-hybridized carbons (Fsp3) is 0.611. The van der Waals surface area contributed by atoms with E-state index in [0.29, 0.717) is 17.6 Å². The molecule has 2 bridgehead atoms. The number of benzene rings is 1. The molecule has 1 aromatic carbocycles. The highest BCUT2D eigenvalue weighted by Gasteiger charge is 2.50. The molecule has 7 heteroatoms. The van der Waals surface area contributed by atoms with E-state index in [-0.39, 0.29) is 12.7 Å². The van der Waals surface area contributed by atoms with Crippen LogP contribution in [0.25, 0.3) is 0 Å². The second-order valence-corrected chi connectivity index (χ2v) is 7.53. The van der Waals surface area contributed by atoms with Crippen molar-refractivity contribution in [1.29, 1.82) is 0 Å². The van der Waals surface area contributed by atoms with Gasteiger partial charge in [0.1, 0.15) is 18.6 Å². The van der Waals surface area contributed by atoms with Crippen LogP contribution in [0.5, 0.6) is 0 Å². The van der Waals surface area contributed by atoms with Crippen molar-refractivity contribution >= 4 is 5.97 Å².